The smallest absolute Gasteiger partial charge is 0.296 e. The van der Waals surface area contributed by atoms with E-state index >= 15 is 0 Å². The van der Waals surface area contributed by atoms with Crippen LogP contribution >= 0.6 is 0 Å². The third-order valence-electron chi connectivity index (χ3n) is 4.70. The number of nitrogens with zero attached hydrogens (tertiary/aromatic N) is 3. The van der Waals surface area contributed by atoms with Gasteiger partial charge in [0.25, 0.3) is 11.6 Å². The monoisotopic (exact) mass is 385 g/mol. The minimum absolute atomic E-state index is 0.00522. The number of benzene rings is 2. The summed E-state index contributed by atoms with van der Waals surface area (Å²) in [7, 11) is 1.48. The van der Waals surface area contributed by atoms with Gasteiger partial charge in [0.05, 0.1) is 24.7 Å². The van der Waals surface area contributed by atoms with Gasteiger partial charge in [-0.3, -0.25) is 14.9 Å². The molecule has 28 heavy (non-hydrogen) atoms. The lowest BCUT2D eigenvalue weighted by molar-refractivity contribution is -0.384. The highest BCUT2D eigenvalue weighted by molar-refractivity contribution is 5.94. The first kappa shape index (κ1) is 19.5. The SMILES string of the molecule is CCOc1ccc(C(=O)N2CCN(c3ccc(OC)cc3[N+](=O)[O-])CC2)cc1. The first-order valence-corrected chi connectivity index (χ1v) is 9.13. The molecule has 2 aromatic rings. The summed E-state index contributed by atoms with van der Waals surface area (Å²) in [5.41, 5.74) is 1.15. The van der Waals surface area contributed by atoms with Crippen molar-refractivity contribution in [2.45, 2.75) is 6.92 Å². The summed E-state index contributed by atoms with van der Waals surface area (Å²) in [6, 6.07) is 11.9. The molecule has 1 saturated heterocycles. The van der Waals surface area contributed by atoms with Gasteiger partial charge in [0.2, 0.25) is 0 Å². The van der Waals surface area contributed by atoms with Gasteiger partial charge in [-0.1, -0.05) is 0 Å². The van der Waals surface area contributed by atoms with E-state index in [1.807, 2.05) is 11.8 Å². The minimum atomic E-state index is -0.407. The Hall–Kier alpha value is -3.29. The second-order valence-electron chi connectivity index (χ2n) is 6.35. The summed E-state index contributed by atoms with van der Waals surface area (Å²) in [4.78, 5) is 27.4. The van der Waals surface area contributed by atoms with Crippen molar-refractivity contribution in [1.29, 1.82) is 0 Å². The van der Waals surface area contributed by atoms with E-state index in [4.69, 9.17) is 9.47 Å². The average molecular weight is 385 g/mol. The normalized spacial score (nSPS) is 13.9. The third-order valence-corrected chi connectivity index (χ3v) is 4.70. The van der Waals surface area contributed by atoms with Crippen molar-refractivity contribution >= 4 is 17.3 Å². The van der Waals surface area contributed by atoms with Gasteiger partial charge in [0.15, 0.2) is 0 Å². The van der Waals surface area contributed by atoms with Gasteiger partial charge in [0.1, 0.15) is 17.2 Å². The Morgan fingerprint density at radius 2 is 1.71 bits per heavy atom. The largest absolute Gasteiger partial charge is 0.496 e. The summed E-state index contributed by atoms with van der Waals surface area (Å²) < 4.78 is 10.5. The van der Waals surface area contributed by atoms with Crippen LogP contribution < -0.4 is 14.4 Å². The Labute approximate surface area is 163 Å². The van der Waals surface area contributed by atoms with Crippen LogP contribution in [0.3, 0.4) is 0 Å². The van der Waals surface area contributed by atoms with Crippen molar-refractivity contribution in [2.24, 2.45) is 0 Å². The van der Waals surface area contributed by atoms with E-state index in [-0.39, 0.29) is 11.6 Å². The van der Waals surface area contributed by atoms with Crippen molar-refractivity contribution in [3.05, 3.63) is 58.1 Å². The molecule has 148 valence electrons. The average Bonchev–Trinajstić information content (AvgIpc) is 2.73. The fourth-order valence-electron chi connectivity index (χ4n) is 3.24. The van der Waals surface area contributed by atoms with E-state index in [0.717, 1.165) is 5.75 Å². The minimum Gasteiger partial charge on any atom is -0.496 e. The Bertz CT molecular complexity index is 845. The Morgan fingerprint density at radius 1 is 1.07 bits per heavy atom. The summed E-state index contributed by atoms with van der Waals surface area (Å²) in [6.45, 7) is 4.52. The van der Waals surface area contributed by atoms with E-state index < -0.39 is 4.92 Å². The van der Waals surface area contributed by atoms with Crippen molar-refractivity contribution in [2.75, 3.05) is 44.8 Å². The Morgan fingerprint density at radius 3 is 2.29 bits per heavy atom. The highest BCUT2D eigenvalue weighted by Gasteiger charge is 2.26. The molecule has 0 atom stereocenters. The number of carbonyl (C=O) groups is 1. The van der Waals surface area contributed by atoms with Crippen LogP contribution in [0.15, 0.2) is 42.5 Å². The number of rotatable bonds is 6. The van der Waals surface area contributed by atoms with Gasteiger partial charge < -0.3 is 19.3 Å². The summed E-state index contributed by atoms with van der Waals surface area (Å²) in [5, 5.41) is 11.4. The molecule has 1 amide bonds. The highest BCUT2D eigenvalue weighted by atomic mass is 16.6. The van der Waals surface area contributed by atoms with Gasteiger partial charge in [-0.2, -0.15) is 0 Å². The zero-order valence-electron chi connectivity index (χ0n) is 16.0. The number of methoxy groups -OCH3 is 1. The van der Waals surface area contributed by atoms with Crippen LogP contribution in [-0.4, -0.2) is 55.6 Å². The molecule has 2 aromatic carbocycles. The highest BCUT2D eigenvalue weighted by Crippen LogP contribution is 2.32. The lowest BCUT2D eigenvalue weighted by Crippen LogP contribution is -2.48. The van der Waals surface area contributed by atoms with Crippen LogP contribution in [0.25, 0.3) is 0 Å². The molecular weight excluding hydrogens is 362 g/mol. The van der Waals surface area contributed by atoms with Crippen molar-refractivity contribution in [3.63, 3.8) is 0 Å². The van der Waals surface area contributed by atoms with Crippen molar-refractivity contribution < 1.29 is 19.2 Å². The molecule has 0 bridgehead atoms. The first-order chi connectivity index (χ1) is 13.5. The topological polar surface area (TPSA) is 85.2 Å². The standard InChI is InChI=1S/C20H23N3O5/c1-3-28-16-6-4-15(5-7-16)20(24)22-12-10-21(11-13-22)18-9-8-17(27-2)14-19(18)23(25)26/h4-9,14H,3,10-13H2,1-2H3. The molecule has 0 radical (unpaired) electrons. The summed E-state index contributed by atoms with van der Waals surface area (Å²) >= 11 is 0. The molecule has 8 nitrogen and oxygen atoms in total. The maximum atomic E-state index is 12.7. The van der Waals surface area contributed by atoms with Crippen LogP contribution in [0, 0.1) is 10.1 Å². The van der Waals surface area contributed by atoms with E-state index in [1.165, 1.54) is 13.2 Å². The number of nitro benzene ring substituents is 1. The zero-order valence-corrected chi connectivity index (χ0v) is 16.0. The number of nitro groups is 1. The number of amides is 1. The number of hydrogen-bond acceptors (Lipinski definition) is 6. The number of piperazine rings is 1. The molecule has 0 spiro atoms. The lowest BCUT2D eigenvalue weighted by atomic mass is 10.1. The molecule has 0 aliphatic carbocycles. The number of carbonyl (C=O) groups excluding carboxylic acids is 1. The fourth-order valence-corrected chi connectivity index (χ4v) is 3.24. The van der Waals surface area contributed by atoms with Crippen LogP contribution in [-0.2, 0) is 0 Å². The lowest BCUT2D eigenvalue weighted by Gasteiger charge is -2.35. The van der Waals surface area contributed by atoms with Gasteiger partial charge >= 0.3 is 0 Å². The predicted octanol–water partition coefficient (Wildman–Crippen LogP) is 2.96. The molecule has 1 aliphatic heterocycles. The number of ether oxygens (including phenoxy) is 2. The second-order valence-corrected chi connectivity index (χ2v) is 6.35. The van der Waals surface area contributed by atoms with Crippen molar-refractivity contribution in [1.82, 2.24) is 4.90 Å². The fraction of sp³-hybridized carbons (Fsp3) is 0.350. The molecule has 0 saturated carbocycles. The molecule has 1 heterocycles. The molecular formula is C20H23N3O5. The van der Waals surface area contributed by atoms with Crippen LogP contribution in [0.4, 0.5) is 11.4 Å². The molecule has 0 unspecified atom stereocenters. The third kappa shape index (κ3) is 4.16. The van der Waals surface area contributed by atoms with Crippen LogP contribution in [0.1, 0.15) is 17.3 Å². The molecule has 0 N–H and O–H groups in total. The van der Waals surface area contributed by atoms with Gasteiger partial charge in [-0.15, -0.1) is 0 Å². The number of anilines is 1. The van der Waals surface area contributed by atoms with Crippen molar-refractivity contribution in [3.8, 4) is 11.5 Å². The van der Waals surface area contributed by atoms with E-state index in [0.29, 0.717) is 49.8 Å². The van der Waals surface area contributed by atoms with Crippen LogP contribution in [0.5, 0.6) is 11.5 Å². The van der Waals surface area contributed by atoms with Gasteiger partial charge in [0, 0.05) is 31.7 Å². The second kappa shape index (κ2) is 8.60. The maximum Gasteiger partial charge on any atom is 0.296 e. The van der Waals surface area contributed by atoms with E-state index in [9.17, 15) is 14.9 Å². The number of hydrogen-bond donors (Lipinski definition) is 0. The summed E-state index contributed by atoms with van der Waals surface area (Å²) in [5.74, 6) is 1.13. The maximum absolute atomic E-state index is 12.7. The quantitative estimate of drug-likeness (QED) is 0.561. The molecule has 3 rings (SSSR count). The van der Waals surface area contributed by atoms with Gasteiger partial charge in [-0.25, -0.2) is 0 Å². The van der Waals surface area contributed by atoms with E-state index in [2.05, 4.69) is 0 Å². The van der Waals surface area contributed by atoms with Gasteiger partial charge in [-0.05, 0) is 43.3 Å². The molecule has 0 aromatic heterocycles. The van der Waals surface area contributed by atoms with E-state index in [1.54, 1.807) is 41.3 Å². The Balaban J connectivity index is 1.67. The molecule has 1 fully saturated rings. The zero-order chi connectivity index (χ0) is 20.1. The predicted molar refractivity (Wildman–Crippen MR) is 105 cm³/mol. The first-order valence-electron chi connectivity index (χ1n) is 9.13. The molecule has 1 aliphatic rings. The molecule has 8 heteroatoms. The Kier molecular flexibility index (Phi) is 5.98. The van der Waals surface area contributed by atoms with Crippen LogP contribution in [0.2, 0.25) is 0 Å². The summed E-state index contributed by atoms with van der Waals surface area (Å²) in [6.07, 6.45) is 0.